The number of carboxylic acid groups (broad SMARTS) is 1. The summed E-state index contributed by atoms with van der Waals surface area (Å²) in [5.74, 6) is -1.39. The maximum atomic E-state index is 13.6. The molecule has 9 nitrogen and oxygen atoms in total. The van der Waals surface area contributed by atoms with Crippen LogP contribution < -0.4 is 10.6 Å². The van der Waals surface area contributed by atoms with E-state index in [0.29, 0.717) is 35.3 Å². The number of aliphatic carboxylic acids is 1. The van der Waals surface area contributed by atoms with Crippen molar-refractivity contribution in [2.24, 2.45) is 18.9 Å². The minimum absolute atomic E-state index is 0.0314. The fourth-order valence-electron chi connectivity index (χ4n) is 6.04. The topological polar surface area (TPSA) is 137 Å². The van der Waals surface area contributed by atoms with Gasteiger partial charge in [-0.3, -0.25) is 19.1 Å². The largest absolute Gasteiger partial charge is 0.481 e. The van der Waals surface area contributed by atoms with Crippen LogP contribution in [0.3, 0.4) is 0 Å². The molecule has 0 bridgehead atoms. The predicted molar refractivity (Wildman–Crippen MR) is 141 cm³/mol. The normalized spacial score (nSPS) is 21.0. The van der Waals surface area contributed by atoms with Crippen LogP contribution >= 0.6 is 0 Å². The van der Waals surface area contributed by atoms with Crippen molar-refractivity contribution in [3.8, 4) is 6.07 Å². The second-order valence-electron chi connectivity index (χ2n) is 10.3. The fourth-order valence-corrected chi connectivity index (χ4v) is 6.04. The van der Waals surface area contributed by atoms with Crippen molar-refractivity contribution in [3.63, 3.8) is 0 Å². The van der Waals surface area contributed by atoms with E-state index in [9.17, 15) is 19.6 Å². The number of benzene rings is 2. The van der Waals surface area contributed by atoms with E-state index in [1.165, 1.54) is 0 Å². The second-order valence-corrected chi connectivity index (χ2v) is 10.3. The first-order valence-electron chi connectivity index (χ1n) is 12.7. The molecular formula is C29H29N5O4. The Kier molecular flexibility index (Phi) is 6.49. The van der Waals surface area contributed by atoms with Gasteiger partial charge in [-0.1, -0.05) is 19.1 Å². The summed E-state index contributed by atoms with van der Waals surface area (Å²) in [6, 6.07) is 12.9. The quantitative estimate of drug-likeness (QED) is 0.417. The van der Waals surface area contributed by atoms with Crippen LogP contribution in [0.5, 0.6) is 0 Å². The zero-order valence-electron chi connectivity index (χ0n) is 21.3. The standard InChI is InChI=1S/C29H29N5O4/c1-17-26(28(38)33-24-12-18(14-30)6-7-20(24)4-3-5-25(35)36)29(17)11-10-19-8-9-21(13-23(19)29)27(37)32-22-15-31-34(2)16-22/h6-9,12-13,15-17,26H,3-5,10-11H2,1-2H3,(H,32,37)(H,33,38)(H,35,36)/t17-,26-,29-/m0/s1. The minimum atomic E-state index is -0.869. The van der Waals surface area contributed by atoms with Crippen molar-refractivity contribution >= 4 is 29.2 Å². The van der Waals surface area contributed by atoms with Crippen molar-refractivity contribution in [3.05, 3.63) is 76.6 Å². The summed E-state index contributed by atoms with van der Waals surface area (Å²) in [4.78, 5) is 37.5. The number of hydrogen-bond donors (Lipinski definition) is 3. The molecule has 1 spiro atoms. The molecule has 1 fully saturated rings. The van der Waals surface area contributed by atoms with Crippen molar-refractivity contribution in [2.45, 2.75) is 44.4 Å². The van der Waals surface area contributed by atoms with E-state index in [-0.39, 0.29) is 35.5 Å². The number of rotatable bonds is 8. The van der Waals surface area contributed by atoms with E-state index in [2.05, 4.69) is 28.7 Å². The van der Waals surface area contributed by atoms with Crippen LogP contribution in [0.1, 0.15) is 58.8 Å². The summed E-state index contributed by atoms with van der Waals surface area (Å²) in [5.41, 5.74) is 4.82. The molecule has 2 aliphatic rings. The molecule has 3 aromatic rings. The van der Waals surface area contributed by atoms with Gasteiger partial charge in [-0.05, 0) is 72.6 Å². The number of nitriles is 1. The number of aryl methyl sites for hydroxylation is 3. The Hall–Kier alpha value is -4.45. The number of aromatic nitrogens is 2. The predicted octanol–water partition coefficient (Wildman–Crippen LogP) is 4.04. The molecular weight excluding hydrogens is 482 g/mol. The summed E-state index contributed by atoms with van der Waals surface area (Å²) in [7, 11) is 1.78. The molecule has 38 heavy (non-hydrogen) atoms. The minimum Gasteiger partial charge on any atom is -0.481 e. The first-order valence-corrected chi connectivity index (χ1v) is 12.7. The Morgan fingerprint density at radius 3 is 2.74 bits per heavy atom. The number of hydrogen-bond acceptors (Lipinski definition) is 5. The van der Waals surface area contributed by atoms with Crippen molar-refractivity contribution in [2.75, 3.05) is 10.6 Å². The average Bonchev–Trinajstić information content (AvgIpc) is 3.13. The maximum Gasteiger partial charge on any atom is 0.303 e. The van der Waals surface area contributed by atoms with Crippen LogP contribution in [0, 0.1) is 23.2 Å². The van der Waals surface area contributed by atoms with E-state index in [4.69, 9.17) is 5.11 Å². The Morgan fingerprint density at radius 1 is 1.21 bits per heavy atom. The van der Waals surface area contributed by atoms with Crippen LogP contribution in [0.4, 0.5) is 11.4 Å². The monoisotopic (exact) mass is 511 g/mol. The number of nitrogens with zero attached hydrogens (tertiary/aromatic N) is 3. The van der Waals surface area contributed by atoms with Gasteiger partial charge in [0.15, 0.2) is 0 Å². The van der Waals surface area contributed by atoms with Crippen LogP contribution in [-0.2, 0) is 34.9 Å². The number of amides is 2. The summed E-state index contributed by atoms with van der Waals surface area (Å²) in [5, 5.41) is 28.3. The van der Waals surface area contributed by atoms with Crippen LogP contribution in [0.25, 0.3) is 0 Å². The van der Waals surface area contributed by atoms with Crippen molar-refractivity contribution < 1.29 is 19.5 Å². The van der Waals surface area contributed by atoms with Gasteiger partial charge >= 0.3 is 5.97 Å². The molecule has 2 aliphatic carbocycles. The summed E-state index contributed by atoms with van der Waals surface area (Å²) < 4.78 is 1.62. The molecule has 1 heterocycles. The highest BCUT2D eigenvalue weighted by Gasteiger charge is 2.68. The van der Waals surface area contributed by atoms with Gasteiger partial charge in [0.05, 0.1) is 29.4 Å². The van der Waals surface area contributed by atoms with Gasteiger partial charge in [0, 0.05) is 36.3 Å². The highest BCUT2D eigenvalue weighted by atomic mass is 16.4. The number of carboxylic acids is 1. The SMILES string of the molecule is C[C@H]1[C@@H](C(=O)Nc2cc(C#N)ccc2CCCC(=O)O)[C@@]12CCc1ccc(C(=O)Nc3cnn(C)c3)cc12. The third-order valence-corrected chi connectivity index (χ3v) is 8.02. The zero-order chi connectivity index (χ0) is 27.0. The molecule has 2 aromatic carbocycles. The van der Waals surface area contributed by atoms with E-state index in [1.54, 1.807) is 42.3 Å². The summed E-state index contributed by atoms with van der Waals surface area (Å²) in [6.45, 7) is 2.07. The van der Waals surface area contributed by atoms with Crippen molar-refractivity contribution in [1.82, 2.24) is 9.78 Å². The van der Waals surface area contributed by atoms with Gasteiger partial charge in [0.2, 0.25) is 5.91 Å². The molecule has 3 atom stereocenters. The molecule has 0 aliphatic heterocycles. The maximum absolute atomic E-state index is 13.6. The number of nitrogens with one attached hydrogen (secondary N) is 2. The third kappa shape index (κ3) is 4.54. The number of carbonyl (C=O) groups is 3. The highest BCUT2D eigenvalue weighted by Crippen LogP contribution is 2.66. The number of anilines is 2. The third-order valence-electron chi connectivity index (χ3n) is 8.02. The van der Waals surface area contributed by atoms with E-state index in [0.717, 1.165) is 29.5 Å². The van der Waals surface area contributed by atoms with E-state index in [1.807, 2.05) is 18.2 Å². The van der Waals surface area contributed by atoms with Crippen LogP contribution in [-0.4, -0.2) is 32.7 Å². The van der Waals surface area contributed by atoms with Gasteiger partial charge in [0.1, 0.15) is 0 Å². The molecule has 194 valence electrons. The molecule has 0 saturated heterocycles. The van der Waals surface area contributed by atoms with Crippen molar-refractivity contribution in [1.29, 1.82) is 5.26 Å². The van der Waals surface area contributed by atoms with E-state index < -0.39 is 5.97 Å². The Morgan fingerprint density at radius 2 is 2.03 bits per heavy atom. The second kappa shape index (κ2) is 9.78. The molecule has 1 aromatic heterocycles. The van der Waals surface area contributed by atoms with Crippen LogP contribution in [0.2, 0.25) is 0 Å². The molecule has 3 N–H and O–H groups in total. The Bertz CT molecular complexity index is 1490. The fraction of sp³-hybridized carbons (Fsp3) is 0.345. The average molecular weight is 512 g/mol. The lowest BCUT2D eigenvalue weighted by Crippen LogP contribution is -2.21. The zero-order valence-corrected chi connectivity index (χ0v) is 21.3. The molecule has 0 radical (unpaired) electrons. The molecule has 9 heteroatoms. The molecule has 2 amide bonds. The smallest absolute Gasteiger partial charge is 0.303 e. The lowest BCUT2D eigenvalue weighted by molar-refractivity contribution is -0.137. The first kappa shape index (κ1) is 25.2. The Labute approximate surface area is 220 Å². The summed E-state index contributed by atoms with van der Waals surface area (Å²) in [6.07, 6.45) is 5.95. The van der Waals surface area contributed by atoms with Gasteiger partial charge in [-0.15, -0.1) is 0 Å². The van der Waals surface area contributed by atoms with Gasteiger partial charge in [-0.2, -0.15) is 10.4 Å². The molecule has 5 rings (SSSR count). The summed E-state index contributed by atoms with van der Waals surface area (Å²) >= 11 is 0. The highest BCUT2D eigenvalue weighted by molar-refractivity contribution is 6.04. The van der Waals surface area contributed by atoms with Crippen LogP contribution in [0.15, 0.2) is 48.8 Å². The van der Waals surface area contributed by atoms with E-state index >= 15 is 0 Å². The first-order chi connectivity index (χ1) is 18.2. The lowest BCUT2D eigenvalue weighted by atomic mass is 9.92. The van der Waals surface area contributed by atoms with Gasteiger partial charge < -0.3 is 15.7 Å². The lowest BCUT2D eigenvalue weighted by Gasteiger charge is -2.15. The molecule has 0 unspecified atom stereocenters. The van der Waals surface area contributed by atoms with Gasteiger partial charge in [-0.25, -0.2) is 0 Å². The van der Waals surface area contributed by atoms with Gasteiger partial charge in [0.25, 0.3) is 5.91 Å². The molecule has 1 saturated carbocycles. The number of carbonyl (C=O) groups excluding carboxylic acids is 2. The number of fused-ring (bicyclic) bond motifs is 2. The Balaban J connectivity index is 1.36.